The van der Waals surface area contributed by atoms with Gasteiger partial charge in [-0.1, -0.05) is 28.4 Å². The van der Waals surface area contributed by atoms with Crippen LogP contribution in [0.15, 0.2) is 25.3 Å². The summed E-state index contributed by atoms with van der Waals surface area (Å²) in [5.41, 5.74) is 6.41. The smallest absolute Gasteiger partial charge is 0.280 e. The Morgan fingerprint density at radius 2 is 1.83 bits per heavy atom. The summed E-state index contributed by atoms with van der Waals surface area (Å²) < 4.78 is 57.8. The molecule has 3 heterocycles. The van der Waals surface area contributed by atoms with Crippen molar-refractivity contribution >= 4 is 40.4 Å². The van der Waals surface area contributed by atoms with Gasteiger partial charge in [-0.3, -0.25) is 18.3 Å². The van der Waals surface area contributed by atoms with Crippen LogP contribution < -0.4 is 20.4 Å². The molecule has 6 atom stereocenters. The Morgan fingerprint density at radius 1 is 1.17 bits per heavy atom. The predicted octanol–water partition coefficient (Wildman–Crippen LogP) is 0.623. The fraction of sp³-hybridized carbons (Fsp3) is 0.562. The minimum Gasteiger partial charge on any atom is -0.756 e. The first-order valence-electron chi connectivity index (χ1n) is 8.84. The molecule has 17 nitrogen and oxygen atoms in total. The molecule has 36 heavy (non-hydrogen) atoms. The lowest BCUT2D eigenvalue weighted by atomic mass is 10.2. The molecular formula is C16H29N5O12P3-3. The molecule has 2 aromatic rings. The van der Waals surface area contributed by atoms with E-state index < -0.39 is 48.5 Å². The molecule has 2 aromatic heterocycles. The molecule has 3 rings (SSSR count). The second kappa shape index (κ2) is 13.3. The van der Waals surface area contributed by atoms with E-state index in [0.29, 0.717) is 11.2 Å². The highest BCUT2D eigenvalue weighted by Gasteiger charge is 2.39. The number of rotatable bonds is 11. The minimum atomic E-state index is -6.01. The molecule has 1 fully saturated rings. The van der Waals surface area contributed by atoms with E-state index in [4.69, 9.17) is 20.1 Å². The molecule has 0 bridgehead atoms. The van der Waals surface area contributed by atoms with Crippen LogP contribution in [0.25, 0.3) is 11.2 Å². The second-order valence-corrected chi connectivity index (χ2v) is 10.7. The molecule has 0 aliphatic carbocycles. The summed E-state index contributed by atoms with van der Waals surface area (Å²) in [6.45, 7) is 2.80. The lowest BCUT2D eigenvalue weighted by molar-refractivity contribution is -0.250. The molecular weight excluding hydrogens is 547 g/mol. The van der Waals surface area contributed by atoms with Crippen LogP contribution in [0.2, 0.25) is 0 Å². The van der Waals surface area contributed by atoms with Crippen LogP contribution in [0.4, 0.5) is 5.82 Å². The van der Waals surface area contributed by atoms with Gasteiger partial charge in [0.2, 0.25) is 0 Å². The summed E-state index contributed by atoms with van der Waals surface area (Å²) >= 11 is 0. The van der Waals surface area contributed by atoms with Crippen LogP contribution in [0.5, 0.6) is 0 Å². The summed E-state index contributed by atoms with van der Waals surface area (Å²) in [6.07, 6.45) is 1.65. The van der Waals surface area contributed by atoms with Gasteiger partial charge in [0, 0.05) is 6.42 Å². The van der Waals surface area contributed by atoms with Gasteiger partial charge < -0.3 is 39.3 Å². The number of nitrogens with two attached hydrogens (primary N) is 1. The van der Waals surface area contributed by atoms with Crippen molar-refractivity contribution in [3.8, 4) is 0 Å². The number of nitrogens with zero attached hydrogens (tertiary/aromatic N) is 4. The van der Waals surface area contributed by atoms with E-state index in [1.54, 1.807) is 0 Å². The SMILES string of the molecule is C.C.C.C=CCOC1C[C@H](n2cnc3c(N)ncnc32)O[C@@H]1COP(=O)([O-])OP(=O)([O-])OP(=O)([O-])O. The van der Waals surface area contributed by atoms with Gasteiger partial charge in [-0.25, -0.2) is 23.6 Å². The molecule has 20 heteroatoms. The first-order valence-corrected chi connectivity index (χ1v) is 13.3. The highest BCUT2D eigenvalue weighted by Crippen LogP contribution is 2.61. The fourth-order valence-electron chi connectivity index (χ4n) is 2.92. The Bertz CT molecular complexity index is 1160. The molecule has 3 N–H and O–H groups in total. The zero-order valence-corrected chi connectivity index (χ0v) is 19.1. The van der Waals surface area contributed by atoms with Gasteiger partial charge in [0.05, 0.1) is 25.6 Å². The van der Waals surface area contributed by atoms with Crippen molar-refractivity contribution in [3.63, 3.8) is 0 Å². The lowest BCUT2D eigenvalue weighted by Crippen LogP contribution is -2.30. The van der Waals surface area contributed by atoms with Crippen molar-refractivity contribution in [1.82, 2.24) is 19.5 Å². The van der Waals surface area contributed by atoms with Gasteiger partial charge in [-0.2, -0.15) is 0 Å². The van der Waals surface area contributed by atoms with E-state index in [1.165, 1.54) is 23.3 Å². The van der Waals surface area contributed by atoms with Crippen molar-refractivity contribution < 1.29 is 55.9 Å². The standard InChI is InChI=1S/C13H20N5O12P3.3CH4/c1-2-3-26-8-4-10(18-7-17-11-12(14)15-6-16-13(11)18)28-9(8)5-27-32(22,23)30-33(24,25)29-31(19,20)21;;;/h2,6-10H,1,3-5H2,(H,22,23)(H,24,25)(H2,14,15,16)(H2,19,20,21);3*1H4/p-3/t8?,9-,10-;;;/m1.../s1. The van der Waals surface area contributed by atoms with E-state index in [9.17, 15) is 28.4 Å². The largest absolute Gasteiger partial charge is 0.756 e. The summed E-state index contributed by atoms with van der Waals surface area (Å²) in [4.78, 5) is 54.1. The van der Waals surface area contributed by atoms with Crippen molar-refractivity contribution in [1.29, 1.82) is 0 Å². The van der Waals surface area contributed by atoms with Gasteiger partial charge in [-0.05, 0) is 0 Å². The molecule has 1 aliphatic heterocycles. The second-order valence-electron chi connectivity index (χ2n) is 6.43. The third-order valence-electron chi connectivity index (χ3n) is 4.11. The van der Waals surface area contributed by atoms with Crippen LogP contribution in [0.3, 0.4) is 0 Å². The molecule has 1 aliphatic rings. The average Bonchev–Trinajstić information content (AvgIpc) is 3.26. The van der Waals surface area contributed by atoms with Gasteiger partial charge in [0.25, 0.3) is 23.5 Å². The monoisotopic (exact) mass is 576 g/mol. The topological polar surface area (TPSA) is 256 Å². The zero-order valence-electron chi connectivity index (χ0n) is 16.4. The van der Waals surface area contributed by atoms with Crippen molar-refractivity contribution in [2.24, 2.45) is 0 Å². The number of phosphoric acid groups is 3. The van der Waals surface area contributed by atoms with Crippen LogP contribution in [0, 0.1) is 0 Å². The van der Waals surface area contributed by atoms with Crippen LogP contribution in [-0.4, -0.2) is 49.8 Å². The lowest BCUT2D eigenvalue weighted by Gasteiger charge is -2.33. The minimum absolute atomic E-state index is 0. The van der Waals surface area contributed by atoms with E-state index in [2.05, 4.69) is 34.7 Å². The van der Waals surface area contributed by atoms with E-state index in [0.717, 1.165) is 0 Å². The highest BCUT2D eigenvalue weighted by molar-refractivity contribution is 7.65. The van der Waals surface area contributed by atoms with Gasteiger partial charge >= 0.3 is 0 Å². The maximum absolute atomic E-state index is 11.8. The number of anilines is 1. The first-order chi connectivity index (χ1) is 15.3. The Kier molecular flexibility index (Phi) is 12.7. The molecule has 0 radical (unpaired) electrons. The van der Waals surface area contributed by atoms with E-state index >= 15 is 0 Å². The Labute approximate surface area is 207 Å². The number of phosphoric ester groups is 1. The number of ether oxygens (including phenoxy) is 2. The van der Waals surface area contributed by atoms with Crippen LogP contribution in [0.1, 0.15) is 34.9 Å². The zero-order chi connectivity index (χ0) is 24.4. The van der Waals surface area contributed by atoms with Crippen LogP contribution in [-0.2, 0) is 36.3 Å². The number of aromatic nitrogens is 4. The molecule has 1 saturated heterocycles. The first kappa shape index (κ1) is 34.4. The predicted molar refractivity (Wildman–Crippen MR) is 122 cm³/mol. The van der Waals surface area contributed by atoms with Gasteiger partial charge in [0.15, 0.2) is 11.5 Å². The molecule has 0 aromatic carbocycles. The average molecular weight is 576 g/mol. The number of hydrogen-bond donors (Lipinski definition) is 2. The Hall–Kier alpha value is -1.58. The normalized spacial score (nSPS) is 24.3. The molecule has 0 saturated carbocycles. The molecule has 4 unspecified atom stereocenters. The Balaban J connectivity index is 0.00000408. The fourth-order valence-corrected chi connectivity index (χ4v) is 5.82. The third kappa shape index (κ3) is 9.06. The number of nitrogen functional groups attached to an aromatic ring is 1. The maximum atomic E-state index is 11.8. The molecule has 0 spiro atoms. The van der Waals surface area contributed by atoms with Gasteiger partial charge in [0.1, 0.15) is 24.2 Å². The Morgan fingerprint density at radius 3 is 2.44 bits per heavy atom. The summed E-state index contributed by atoms with van der Waals surface area (Å²) in [5.74, 6) is 0.135. The number of fused-ring (bicyclic) bond motifs is 1. The van der Waals surface area contributed by atoms with E-state index in [1.807, 2.05) is 0 Å². The number of imidazole rings is 1. The van der Waals surface area contributed by atoms with E-state index in [-0.39, 0.29) is 41.1 Å². The number of hydrogen-bond acceptors (Lipinski definition) is 15. The van der Waals surface area contributed by atoms with Gasteiger partial charge in [-0.15, -0.1) is 6.58 Å². The maximum Gasteiger partial charge on any atom is 0.280 e. The van der Waals surface area contributed by atoms with Crippen molar-refractivity contribution in [2.45, 2.75) is 47.1 Å². The van der Waals surface area contributed by atoms with Crippen LogP contribution >= 0.6 is 23.5 Å². The molecule has 208 valence electrons. The summed E-state index contributed by atoms with van der Waals surface area (Å²) in [7, 11) is -17.5. The summed E-state index contributed by atoms with van der Waals surface area (Å²) in [6, 6.07) is 0. The third-order valence-corrected chi connectivity index (χ3v) is 7.80. The highest BCUT2D eigenvalue weighted by atomic mass is 31.3. The van der Waals surface area contributed by atoms with Crippen molar-refractivity contribution in [2.75, 3.05) is 18.9 Å². The summed E-state index contributed by atoms with van der Waals surface area (Å²) in [5, 5.41) is 0. The molecule has 0 amide bonds. The van der Waals surface area contributed by atoms with Crippen molar-refractivity contribution in [3.05, 3.63) is 25.3 Å². The quantitative estimate of drug-likeness (QED) is 0.274.